The van der Waals surface area contributed by atoms with Crippen molar-refractivity contribution >= 4 is 60.5 Å². The van der Waals surface area contributed by atoms with E-state index in [0.717, 1.165) is 44.1 Å². The molecule has 49 heavy (non-hydrogen) atoms. The molecule has 0 saturated heterocycles. The van der Waals surface area contributed by atoms with E-state index < -0.39 is 0 Å². The molecule has 0 saturated carbocycles. The molecule has 1 heterocycles. The second kappa shape index (κ2) is 10.4. The summed E-state index contributed by atoms with van der Waals surface area (Å²) in [4.78, 5) is 2.48. The molecule has 0 bridgehead atoms. The Labute approximate surface area is 285 Å². The van der Waals surface area contributed by atoms with Crippen molar-refractivity contribution in [2.45, 2.75) is 19.3 Å². The van der Waals surface area contributed by atoms with Crippen LogP contribution in [-0.4, -0.2) is 0 Å². The zero-order chi connectivity index (χ0) is 32.7. The summed E-state index contributed by atoms with van der Waals surface area (Å²) in [6.07, 6.45) is 0. The molecular formula is C47H33NO. The van der Waals surface area contributed by atoms with Crippen LogP contribution < -0.4 is 4.90 Å². The maximum absolute atomic E-state index is 6.54. The lowest BCUT2D eigenvalue weighted by Gasteiger charge is -2.30. The molecule has 2 heteroatoms. The Morgan fingerprint density at radius 3 is 1.96 bits per heavy atom. The number of hydrogen-bond acceptors (Lipinski definition) is 2. The van der Waals surface area contributed by atoms with Crippen molar-refractivity contribution in [3.05, 3.63) is 175 Å². The molecule has 1 aromatic heterocycles. The van der Waals surface area contributed by atoms with Crippen molar-refractivity contribution in [2.75, 3.05) is 4.90 Å². The molecule has 0 fully saturated rings. The van der Waals surface area contributed by atoms with Gasteiger partial charge in [-0.25, -0.2) is 0 Å². The van der Waals surface area contributed by atoms with Crippen LogP contribution in [0.5, 0.6) is 0 Å². The van der Waals surface area contributed by atoms with Gasteiger partial charge >= 0.3 is 0 Å². The highest BCUT2D eigenvalue weighted by molar-refractivity contribution is 6.20. The summed E-state index contributed by atoms with van der Waals surface area (Å²) in [6.45, 7) is 4.70. The fourth-order valence-corrected chi connectivity index (χ4v) is 8.31. The van der Waals surface area contributed by atoms with Gasteiger partial charge in [-0.1, -0.05) is 147 Å². The van der Waals surface area contributed by atoms with Crippen molar-refractivity contribution < 1.29 is 4.42 Å². The number of furan rings is 1. The van der Waals surface area contributed by atoms with Gasteiger partial charge in [0.15, 0.2) is 0 Å². The molecule has 0 radical (unpaired) electrons. The third-order valence-electron chi connectivity index (χ3n) is 10.7. The summed E-state index contributed by atoms with van der Waals surface area (Å²) in [5, 5.41) is 7.01. The Morgan fingerprint density at radius 1 is 0.469 bits per heavy atom. The van der Waals surface area contributed by atoms with Gasteiger partial charge in [0, 0.05) is 38.2 Å². The van der Waals surface area contributed by atoms with Gasteiger partial charge in [-0.05, 0) is 68.9 Å². The van der Waals surface area contributed by atoms with Crippen LogP contribution in [0.1, 0.15) is 25.0 Å². The first-order valence-corrected chi connectivity index (χ1v) is 17.0. The van der Waals surface area contributed by atoms with Crippen LogP contribution in [-0.2, 0) is 5.41 Å². The number of anilines is 3. The largest absolute Gasteiger partial charge is 0.455 e. The minimum atomic E-state index is -0.112. The van der Waals surface area contributed by atoms with Crippen molar-refractivity contribution in [3.8, 4) is 22.3 Å². The summed E-state index contributed by atoms with van der Waals surface area (Å²) in [6, 6.07) is 59.5. The van der Waals surface area contributed by atoms with E-state index in [4.69, 9.17) is 4.42 Å². The molecule has 232 valence electrons. The summed E-state index contributed by atoms with van der Waals surface area (Å²) in [5.74, 6) is 0. The van der Waals surface area contributed by atoms with Gasteiger partial charge < -0.3 is 9.32 Å². The summed E-state index contributed by atoms with van der Waals surface area (Å²) < 4.78 is 6.54. The fourth-order valence-electron chi connectivity index (χ4n) is 8.31. The SMILES string of the molecule is CC1(C)c2ccccc2-c2c(N(c3ccc(-c4cccc5ccccc45)cc3)c3cc4c5ccccc5oc4c4ccccc34)cccc21. The lowest BCUT2D eigenvalue weighted by molar-refractivity contribution is 0.660. The van der Waals surface area contributed by atoms with Crippen LogP contribution >= 0.6 is 0 Å². The van der Waals surface area contributed by atoms with Crippen LogP contribution in [0, 0.1) is 0 Å². The molecule has 1 aliphatic carbocycles. The Morgan fingerprint density at radius 2 is 1.10 bits per heavy atom. The molecule has 0 N–H and O–H groups in total. The molecule has 0 atom stereocenters. The Hall–Kier alpha value is -6.12. The van der Waals surface area contributed by atoms with E-state index in [0.29, 0.717) is 0 Å². The van der Waals surface area contributed by atoms with Crippen LogP contribution in [0.25, 0.3) is 65.7 Å². The Kier molecular flexibility index (Phi) is 5.95. The minimum Gasteiger partial charge on any atom is -0.455 e. The van der Waals surface area contributed by atoms with E-state index in [-0.39, 0.29) is 5.41 Å². The fraction of sp³-hybridized carbons (Fsp3) is 0.0638. The van der Waals surface area contributed by atoms with Gasteiger partial charge in [-0.2, -0.15) is 0 Å². The van der Waals surface area contributed by atoms with E-state index in [1.165, 1.54) is 49.8 Å². The first-order chi connectivity index (χ1) is 24.1. The summed E-state index contributed by atoms with van der Waals surface area (Å²) in [7, 11) is 0. The van der Waals surface area contributed by atoms with Crippen LogP contribution in [0.2, 0.25) is 0 Å². The van der Waals surface area contributed by atoms with Crippen molar-refractivity contribution in [1.82, 2.24) is 0 Å². The lowest BCUT2D eigenvalue weighted by atomic mass is 9.82. The van der Waals surface area contributed by atoms with Crippen LogP contribution in [0.3, 0.4) is 0 Å². The number of hydrogen-bond donors (Lipinski definition) is 0. The highest BCUT2D eigenvalue weighted by atomic mass is 16.3. The Bertz CT molecular complexity index is 2740. The maximum atomic E-state index is 6.54. The summed E-state index contributed by atoms with van der Waals surface area (Å²) >= 11 is 0. The topological polar surface area (TPSA) is 16.4 Å². The van der Waals surface area contributed by atoms with Crippen molar-refractivity contribution in [2.24, 2.45) is 0 Å². The number of benzene rings is 8. The van der Waals surface area contributed by atoms with Crippen LogP contribution in [0.15, 0.2) is 168 Å². The van der Waals surface area contributed by atoms with Gasteiger partial charge in [0.2, 0.25) is 0 Å². The second-order valence-electron chi connectivity index (χ2n) is 13.7. The van der Waals surface area contributed by atoms with Gasteiger partial charge in [-0.3, -0.25) is 0 Å². The zero-order valence-corrected chi connectivity index (χ0v) is 27.4. The molecule has 0 aliphatic heterocycles. The molecule has 10 rings (SSSR count). The van der Waals surface area contributed by atoms with E-state index in [1.54, 1.807) is 0 Å². The third kappa shape index (κ3) is 4.07. The molecule has 2 nitrogen and oxygen atoms in total. The predicted octanol–water partition coefficient (Wildman–Crippen LogP) is 13.3. The number of para-hydroxylation sites is 1. The summed E-state index contributed by atoms with van der Waals surface area (Å²) in [5.41, 5.74) is 12.9. The van der Waals surface area contributed by atoms with E-state index >= 15 is 0 Å². The lowest BCUT2D eigenvalue weighted by Crippen LogP contribution is -2.16. The average Bonchev–Trinajstić information content (AvgIpc) is 3.64. The molecule has 8 aromatic carbocycles. The van der Waals surface area contributed by atoms with Gasteiger partial charge in [0.25, 0.3) is 0 Å². The third-order valence-corrected chi connectivity index (χ3v) is 10.7. The zero-order valence-electron chi connectivity index (χ0n) is 27.4. The van der Waals surface area contributed by atoms with Gasteiger partial charge in [0.05, 0.1) is 11.4 Å². The average molecular weight is 628 g/mol. The standard InChI is InChI=1S/C47H33NO/c1-47(2)40-21-9-7-19-38(40)45-41(47)22-12-23-42(45)48(32-27-25-31(26-28-32)34-20-11-14-30-13-3-4-15-33(30)34)43-29-39-36-17-8-10-24-44(36)49-46(39)37-18-6-5-16-35(37)43/h3-29H,1-2H3. The second-order valence-corrected chi connectivity index (χ2v) is 13.7. The molecule has 0 amide bonds. The molecule has 1 aliphatic rings. The van der Waals surface area contributed by atoms with Crippen LogP contribution in [0.4, 0.5) is 17.1 Å². The smallest absolute Gasteiger partial charge is 0.143 e. The van der Waals surface area contributed by atoms with Gasteiger partial charge in [0.1, 0.15) is 11.2 Å². The van der Waals surface area contributed by atoms with E-state index in [1.807, 2.05) is 6.07 Å². The Balaban J connectivity index is 1.27. The first-order valence-electron chi connectivity index (χ1n) is 17.0. The van der Waals surface area contributed by atoms with E-state index in [2.05, 4.69) is 176 Å². The monoisotopic (exact) mass is 627 g/mol. The quantitative estimate of drug-likeness (QED) is 0.193. The maximum Gasteiger partial charge on any atom is 0.143 e. The first kappa shape index (κ1) is 27.9. The minimum absolute atomic E-state index is 0.112. The van der Waals surface area contributed by atoms with Crippen molar-refractivity contribution in [3.63, 3.8) is 0 Å². The molecule has 0 unspecified atom stereocenters. The molecular weight excluding hydrogens is 595 g/mol. The molecule has 0 spiro atoms. The highest BCUT2D eigenvalue weighted by Crippen LogP contribution is 2.55. The van der Waals surface area contributed by atoms with Crippen molar-refractivity contribution in [1.29, 1.82) is 0 Å². The number of nitrogens with zero attached hydrogens (tertiary/aromatic N) is 1. The van der Waals surface area contributed by atoms with E-state index in [9.17, 15) is 0 Å². The predicted molar refractivity (Wildman–Crippen MR) is 206 cm³/mol. The van der Waals surface area contributed by atoms with Gasteiger partial charge in [-0.15, -0.1) is 0 Å². The molecule has 9 aromatic rings. The number of rotatable bonds is 4. The number of fused-ring (bicyclic) bond motifs is 9. The normalized spacial score (nSPS) is 13.3. The highest BCUT2D eigenvalue weighted by Gasteiger charge is 2.38.